The molecule has 10 heteroatoms. The van der Waals surface area contributed by atoms with Crippen molar-refractivity contribution in [2.45, 2.75) is 82.2 Å². The highest BCUT2D eigenvalue weighted by Crippen LogP contribution is 2.40. The van der Waals surface area contributed by atoms with E-state index in [0.29, 0.717) is 18.5 Å². The predicted molar refractivity (Wildman–Crippen MR) is 116 cm³/mol. The van der Waals surface area contributed by atoms with Gasteiger partial charge in [0.05, 0.1) is 29.0 Å². The van der Waals surface area contributed by atoms with Gasteiger partial charge in [0.1, 0.15) is 0 Å². The zero-order valence-corrected chi connectivity index (χ0v) is 18.4. The van der Waals surface area contributed by atoms with Crippen molar-refractivity contribution < 1.29 is 10.2 Å². The van der Waals surface area contributed by atoms with E-state index in [1.54, 1.807) is 13.1 Å². The van der Waals surface area contributed by atoms with Crippen molar-refractivity contribution in [1.82, 2.24) is 24.1 Å². The highest BCUT2D eigenvalue weighted by atomic mass is 32.2. The van der Waals surface area contributed by atoms with E-state index in [-0.39, 0.29) is 28.5 Å². The number of aromatic nitrogens is 5. The van der Waals surface area contributed by atoms with Crippen molar-refractivity contribution in [1.29, 1.82) is 0 Å². The molecule has 2 N–H and O–H groups in total. The second-order valence-electron chi connectivity index (χ2n) is 7.86. The first-order valence-corrected chi connectivity index (χ1v) is 11.5. The van der Waals surface area contributed by atoms with E-state index in [1.807, 2.05) is 10.9 Å². The van der Waals surface area contributed by atoms with E-state index < -0.39 is 6.10 Å². The summed E-state index contributed by atoms with van der Waals surface area (Å²) in [4.78, 5) is 25.5. The van der Waals surface area contributed by atoms with Crippen LogP contribution in [0.25, 0.3) is 0 Å². The van der Waals surface area contributed by atoms with Crippen molar-refractivity contribution in [3.8, 4) is 0 Å². The molecule has 0 aliphatic carbocycles. The van der Waals surface area contributed by atoms with E-state index in [2.05, 4.69) is 17.2 Å². The van der Waals surface area contributed by atoms with Gasteiger partial charge in [0.15, 0.2) is 0 Å². The highest BCUT2D eigenvalue weighted by Gasteiger charge is 2.35. The van der Waals surface area contributed by atoms with Crippen LogP contribution in [0.4, 0.5) is 0 Å². The fourth-order valence-corrected chi connectivity index (χ4v) is 5.13. The third-order valence-corrected chi connectivity index (χ3v) is 6.96. The molecule has 0 aromatic carbocycles. The van der Waals surface area contributed by atoms with Gasteiger partial charge in [-0.15, -0.1) is 16.9 Å². The second kappa shape index (κ2) is 10.4. The summed E-state index contributed by atoms with van der Waals surface area (Å²) >= 11 is 1.38. The summed E-state index contributed by atoms with van der Waals surface area (Å²) in [5.74, 6) is 0. The van der Waals surface area contributed by atoms with Crippen LogP contribution in [0.2, 0.25) is 0 Å². The van der Waals surface area contributed by atoms with Crippen LogP contribution in [0.5, 0.6) is 0 Å². The average Bonchev–Trinajstić information content (AvgIpc) is 3.33. The average molecular weight is 438 g/mol. The number of unbranched alkanes of at least 4 members (excludes halogenated alkanes) is 2. The highest BCUT2D eigenvalue weighted by molar-refractivity contribution is 8.00. The Bertz CT molecular complexity index is 953. The van der Waals surface area contributed by atoms with Crippen molar-refractivity contribution >= 4 is 11.8 Å². The molecule has 1 saturated heterocycles. The number of aliphatic hydroxyl groups excluding tert-OH is 2. The minimum atomic E-state index is -0.659. The fourth-order valence-electron chi connectivity index (χ4n) is 3.76. The Labute approximate surface area is 179 Å². The summed E-state index contributed by atoms with van der Waals surface area (Å²) in [6.07, 6.45) is 7.64. The molecule has 30 heavy (non-hydrogen) atoms. The molecule has 0 radical (unpaired) electrons. The maximum Gasteiger partial charge on any atom is 0.331 e. The molecule has 0 bridgehead atoms. The third kappa shape index (κ3) is 5.22. The zero-order chi connectivity index (χ0) is 21.7. The van der Waals surface area contributed by atoms with Crippen LogP contribution in [0.3, 0.4) is 0 Å². The molecule has 3 atom stereocenters. The first-order chi connectivity index (χ1) is 14.4. The number of hydrogen-bond acceptors (Lipinski definition) is 7. The van der Waals surface area contributed by atoms with Gasteiger partial charge in [-0.1, -0.05) is 18.6 Å². The predicted octanol–water partition coefficient (Wildman–Crippen LogP) is 1.09. The van der Waals surface area contributed by atoms with Crippen LogP contribution in [-0.2, 0) is 19.5 Å². The number of aryl methyl sites for hydroxylation is 3. The Kier molecular flexibility index (Phi) is 7.90. The van der Waals surface area contributed by atoms with Crippen LogP contribution >= 0.6 is 11.8 Å². The van der Waals surface area contributed by atoms with Crippen molar-refractivity contribution in [3.05, 3.63) is 44.5 Å². The van der Waals surface area contributed by atoms with Gasteiger partial charge in [0, 0.05) is 37.5 Å². The Morgan fingerprint density at radius 3 is 2.70 bits per heavy atom. The Hall–Kier alpha value is -1.91. The first-order valence-electron chi connectivity index (χ1n) is 10.6. The normalized spacial score (nSPS) is 21.4. The van der Waals surface area contributed by atoms with E-state index in [4.69, 9.17) is 0 Å². The lowest BCUT2D eigenvalue weighted by Crippen LogP contribution is -2.41. The summed E-state index contributed by atoms with van der Waals surface area (Å²) in [6, 6.07) is 0. The molecule has 1 aliphatic rings. The molecule has 2 aromatic heterocycles. The molecule has 3 heterocycles. The van der Waals surface area contributed by atoms with Gasteiger partial charge in [-0.2, -0.15) is 0 Å². The molecular weight excluding hydrogens is 406 g/mol. The molecule has 3 rings (SSSR count). The topological polar surface area (TPSA) is 115 Å². The monoisotopic (exact) mass is 437 g/mol. The largest absolute Gasteiger partial charge is 0.395 e. The fraction of sp³-hybridized carbons (Fsp3) is 0.700. The van der Waals surface area contributed by atoms with Crippen molar-refractivity contribution in [3.63, 3.8) is 0 Å². The van der Waals surface area contributed by atoms with Crippen LogP contribution in [-0.4, -0.2) is 52.3 Å². The summed E-state index contributed by atoms with van der Waals surface area (Å²) in [6.45, 7) is 4.90. The van der Waals surface area contributed by atoms with Gasteiger partial charge in [-0.05, 0) is 32.6 Å². The quantitative estimate of drug-likeness (QED) is 0.535. The van der Waals surface area contributed by atoms with Gasteiger partial charge in [0.2, 0.25) is 0 Å². The lowest BCUT2D eigenvalue weighted by Gasteiger charge is -2.16. The Morgan fingerprint density at radius 2 is 2.00 bits per heavy atom. The van der Waals surface area contributed by atoms with Crippen molar-refractivity contribution in [2.75, 3.05) is 6.61 Å². The number of aliphatic hydroxyl groups is 2. The maximum atomic E-state index is 12.9. The van der Waals surface area contributed by atoms with Crippen LogP contribution in [0.1, 0.15) is 55.7 Å². The summed E-state index contributed by atoms with van der Waals surface area (Å²) in [7, 11) is 0. The molecule has 0 spiro atoms. The number of thioether (sulfide) groups is 1. The van der Waals surface area contributed by atoms with Crippen LogP contribution in [0.15, 0.2) is 22.0 Å². The van der Waals surface area contributed by atoms with Crippen LogP contribution in [0, 0.1) is 6.92 Å². The van der Waals surface area contributed by atoms with Crippen molar-refractivity contribution in [2.24, 2.45) is 0 Å². The lowest BCUT2D eigenvalue weighted by atomic mass is 10.1. The van der Waals surface area contributed by atoms with Gasteiger partial charge in [0.25, 0.3) is 5.56 Å². The second-order valence-corrected chi connectivity index (χ2v) is 9.28. The number of rotatable bonds is 10. The van der Waals surface area contributed by atoms with Gasteiger partial charge in [-0.25, -0.2) is 4.79 Å². The third-order valence-electron chi connectivity index (χ3n) is 5.41. The number of hydrogen-bond donors (Lipinski definition) is 2. The molecular formula is C20H31N5O4S. The summed E-state index contributed by atoms with van der Waals surface area (Å²) in [5.41, 5.74) is 0.857. The minimum absolute atomic E-state index is 0.137. The number of nitrogens with zero attached hydrogens (tertiary/aromatic N) is 5. The zero-order valence-electron chi connectivity index (χ0n) is 17.6. The maximum absolute atomic E-state index is 12.9. The van der Waals surface area contributed by atoms with E-state index in [1.165, 1.54) is 20.9 Å². The molecule has 0 amide bonds. The van der Waals surface area contributed by atoms with Crippen LogP contribution < -0.4 is 11.2 Å². The smallest absolute Gasteiger partial charge is 0.331 e. The summed E-state index contributed by atoms with van der Waals surface area (Å²) in [5, 5.41) is 27.1. The SMILES string of the molecule is CCCn1cc(CCCCCn2c(=O)c(C)cn(C3CC(O)[C@@H](CO)S3)c2=O)nn1. The lowest BCUT2D eigenvalue weighted by molar-refractivity contribution is 0.137. The van der Waals surface area contributed by atoms with E-state index >= 15 is 0 Å². The Morgan fingerprint density at radius 1 is 1.20 bits per heavy atom. The van der Waals surface area contributed by atoms with E-state index in [0.717, 1.165) is 44.3 Å². The molecule has 2 aromatic rings. The van der Waals surface area contributed by atoms with Gasteiger partial charge >= 0.3 is 5.69 Å². The summed E-state index contributed by atoms with van der Waals surface area (Å²) < 4.78 is 4.68. The Balaban J connectivity index is 1.59. The standard InChI is InChI=1S/C20H31N5O4S/c1-3-8-23-12-15(21-22-23)7-5-4-6-9-24-19(28)14(2)11-25(20(24)29)18-10-16(27)17(13-26)30-18/h11-12,16-18,26-27H,3-10,13H2,1-2H3/t16?,17-,18?/m1/s1. The van der Waals surface area contributed by atoms with E-state index in [9.17, 15) is 19.8 Å². The molecule has 2 unspecified atom stereocenters. The molecule has 166 valence electrons. The molecule has 0 saturated carbocycles. The van der Waals surface area contributed by atoms with Gasteiger partial charge < -0.3 is 10.2 Å². The molecule has 9 nitrogen and oxygen atoms in total. The van der Waals surface area contributed by atoms with Gasteiger partial charge in [-0.3, -0.25) is 18.6 Å². The molecule has 1 aliphatic heterocycles. The molecule has 1 fully saturated rings. The minimum Gasteiger partial charge on any atom is -0.395 e. The first kappa shape index (κ1) is 22.8.